The molecule has 0 spiro atoms. The molecule has 1 N–H and O–H groups in total. The first-order chi connectivity index (χ1) is 8.70. The quantitative estimate of drug-likeness (QED) is 0.858. The number of rotatable bonds is 5. The lowest BCUT2D eigenvalue weighted by Gasteiger charge is -2.26. The maximum absolute atomic E-state index is 4.35. The van der Waals surface area contributed by atoms with Crippen molar-refractivity contribution >= 4 is 5.82 Å². The maximum Gasteiger partial charge on any atom is 0.130 e. The van der Waals surface area contributed by atoms with Crippen molar-refractivity contribution in [3.05, 3.63) is 23.9 Å². The van der Waals surface area contributed by atoms with Crippen LogP contribution in [0.2, 0.25) is 0 Å². The Kier molecular flexibility index (Phi) is 4.55. The van der Waals surface area contributed by atoms with Crippen LogP contribution in [0.25, 0.3) is 0 Å². The number of pyridine rings is 1. The fraction of sp³-hybridized carbons (Fsp3) is 0.643. The normalized spacial score (nSPS) is 20.6. The molecule has 4 nitrogen and oxygen atoms in total. The average molecular weight is 248 g/mol. The molecular weight excluding hydrogens is 224 g/mol. The van der Waals surface area contributed by atoms with E-state index < -0.39 is 0 Å². The van der Waals surface area contributed by atoms with Crippen molar-refractivity contribution < 1.29 is 0 Å². The molecule has 1 aromatic heterocycles. The Morgan fingerprint density at radius 2 is 2.39 bits per heavy atom. The van der Waals surface area contributed by atoms with E-state index in [1.165, 1.54) is 24.9 Å². The second-order valence-corrected chi connectivity index (χ2v) is 5.23. The number of likely N-dealkylation sites (N-methyl/N-ethyl adjacent to an activating group) is 2. The molecule has 1 aliphatic heterocycles. The van der Waals surface area contributed by atoms with Crippen LogP contribution in [0.1, 0.15) is 18.4 Å². The van der Waals surface area contributed by atoms with Crippen LogP contribution >= 0.6 is 0 Å². The summed E-state index contributed by atoms with van der Waals surface area (Å²) in [7, 11) is 6.35. The molecule has 1 fully saturated rings. The van der Waals surface area contributed by atoms with Crippen LogP contribution in [0.15, 0.2) is 18.3 Å². The SMILES string of the molecule is CNc1ncccc1CN(C)C[C@H]1CCCN1C. The molecule has 2 heterocycles. The summed E-state index contributed by atoms with van der Waals surface area (Å²) in [5, 5.41) is 3.16. The third kappa shape index (κ3) is 3.21. The molecule has 4 heteroatoms. The minimum Gasteiger partial charge on any atom is -0.373 e. The van der Waals surface area contributed by atoms with Gasteiger partial charge in [0.1, 0.15) is 5.82 Å². The minimum absolute atomic E-state index is 0.713. The molecule has 1 aromatic rings. The van der Waals surface area contributed by atoms with E-state index in [1.54, 1.807) is 0 Å². The molecule has 18 heavy (non-hydrogen) atoms. The zero-order chi connectivity index (χ0) is 13.0. The molecule has 0 aromatic carbocycles. The van der Waals surface area contributed by atoms with E-state index in [1.807, 2.05) is 19.3 Å². The molecule has 1 saturated heterocycles. The first-order valence-corrected chi connectivity index (χ1v) is 6.71. The van der Waals surface area contributed by atoms with Crippen LogP contribution in [0, 0.1) is 0 Å². The van der Waals surface area contributed by atoms with Gasteiger partial charge in [0.2, 0.25) is 0 Å². The van der Waals surface area contributed by atoms with Gasteiger partial charge in [-0.1, -0.05) is 6.07 Å². The van der Waals surface area contributed by atoms with Crippen LogP contribution in [-0.2, 0) is 6.54 Å². The zero-order valence-corrected chi connectivity index (χ0v) is 11.7. The van der Waals surface area contributed by atoms with Gasteiger partial charge >= 0.3 is 0 Å². The summed E-state index contributed by atoms with van der Waals surface area (Å²) in [6, 6.07) is 4.86. The average Bonchev–Trinajstić information content (AvgIpc) is 2.75. The van der Waals surface area contributed by atoms with Gasteiger partial charge in [0.05, 0.1) is 0 Å². The van der Waals surface area contributed by atoms with Crippen molar-refractivity contribution in [3.8, 4) is 0 Å². The second kappa shape index (κ2) is 6.16. The summed E-state index contributed by atoms with van der Waals surface area (Å²) in [6.07, 6.45) is 4.50. The third-order valence-electron chi connectivity index (χ3n) is 3.76. The van der Waals surface area contributed by atoms with Gasteiger partial charge in [0, 0.05) is 37.9 Å². The lowest BCUT2D eigenvalue weighted by atomic mass is 10.2. The lowest BCUT2D eigenvalue weighted by Crippen LogP contribution is -2.36. The Morgan fingerprint density at radius 3 is 3.06 bits per heavy atom. The number of nitrogens with zero attached hydrogens (tertiary/aromatic N) is 3. The second-order valence-electron chi connectivity index (χ2n) is 5.23. The van der Waals surface area contributed by atoms with Gasteiger partial charge in [-0.05, 0) is 39.5 Å². The minimum atomic E-state index is 0.713. The monoisotopic (exact) mass is 248 g/mol. The predicted molar refractivity (Wildman–Crippen MR) is 75.8 cm³/mol. The molecule has 0 saturated carbocycles. The van der Waals surface area contributed by atoms with Gasteiger partial charge in [0.25, 0.3) is 0 Å². The summed E-state index contributed by atoms with van der Waals surface area (Å²) >= 11 is 0. The molecule has 0 radical (unpaired) electrons. The van der Waals surface area contributed by atoms with E-state index in [2.05, 4.69) is 40.3 Å². The Morgan fingerprint density at radius 1 is 1.56 bits per heavy atom. The van der Waals surface area contributed by atoms with Gasteiger partial charge in [0.15, 0.2) is 0 Å². The molecule has 0 bridgehead atoms. The largest absolute Gasteiger partial charge is 0.373 e. The summed E-state index contributed by atoms with van der Waals surface area (Å²) in [6.45, 7) is 3.33. The predicted octanol–water partition coefficient (Wildman–Crippen LogP) is 1.65. The fourth-order valence-electron chi connectivity index (χ4n) is 2.72. The Labute approximate surface area is 110 Å². The topological polar surface area (TPSA) is 31.4 Å². The van der Waals surface area contributed by atoms with Crippen LogP contribution in [0.5, 0.6) is 0 Å². The van der Waals surface area contributed by atoms with E-state index >= 15 is 0 Å². The van der Waals surface area contributed by atoms with E-state index in [0.717, 1.165) is 18.9 Å². The van der Waals surface area contributed by atoms with Gasteiger partial charge < -0.3 is 15.1 Å². The maximum atomic E-state index is 4.35. The molecule has 0 amide bonds. The fourth-order valence-corrected chi connectivity index (χ4v) is 2.72. The van der Waals surface area contributed by atoms with Crippen molar-refractivity contribution in [3.63, 3.8) is 0 Å². The number of likely N-dealkylation sites (tertiary alicyclic amines) is 1. The summed E-state index contributed by atoms with van der Waals surface area (Å²) < 4.78 is 0. The molecule has 1 aliphatic rings. The highest BCUT2D eigenvalue weighted by Crippen LogP contribution is 2.18. The molecular formula is C14H24N4. The van der Waals surface area contributed by atoms with Gasteiger partial charge in [-0.15, -0.1) is 0 Å². The van der Waals surface area contributed by atoms with Gasteiger partial charge in [-0.2, -0.15) is 0 Å². The van der Waals surface area contributed by atoms with E-state index in [4.69, 9.17) is 0 Å². The van der Waals surface area contributed by atoms with Crippen molar-refractivity contribution in [2.75, 3.05) is 39.5 Å². The van der Waals surface area contributed by atoms with Crippen molar-refractivity contribution in [2.24, 2.45) is 0 Å². The summed E-state index contributed by atoms with van der Waals surface area (Å²) in [5.41, 5.74) is 1.27. The zero-order valence-electron chi connectivity index (χ0n) is 11.7. The van der Waals surface area contributed by atoms with Crippen LogP contribution in [0.4, 0.5) is 5.82 Å². The van der Waals surface area contributed by atoms with Crippen molar-refractivity contribution in [1.29, 1.82) is 0 Å². The van der Waals surface area contributed by atoms with Crippen LogP contribution in [0.3, 0.4) is 0 Å². The molecule has 0 unspecified atom stereocenters. The lowest BCUT2D eigenvalue weighted by molar-refractivity contribution is 0.215. The van der Waals surface area contributed by atoms with E-state index in [9.17, 15) is 0 Å². The standard InChI is InChI=1S/C14H24N4/c1-15-14-12(6-4-8-16-14)10-17(2)11-13-7-5-9-18(13)3/h4,6,8,13H,5,7,9-11H2,1-3H3,(H,15,16)/t13-/m1/s1. The first kappa shape index (κ1) is 13.3. The van der Waals surface area contributed by atoms with Crippen molar-refractivity contribution in [2.45, 2.75) is 25.4 Å². The highest BCUT2D eigenvalue weighted by Gasteiger charge is 2.22. The Balaban J connectivity index is 1.92. The number of anilines is 1. The van der Waals surface area contributed by atoms with Gasteiger partial charge in [-0.25, -0.2) is 4.98 Å². The third-order valence-corrected chi connectivity index (χ3v) is 3.76. The van der Waals surface area contributed by atoms with E-state index in [0.29, 0.717) is 6.04 Å². The van der Waals surface area contributed by atoms with E-state index in [-0.39, 0.29) is 0 Å². The summed E-state index contributed by atoms with van der Waals surface area (Å²) in [4.78, 5) is 9.21. The number of nitrogens with one attached hydrogen (secondary N) is 1. The Hall–Kier alpha value is -1.13. The van der Waals surface area contributed by atoms with Crippen molar-refractivity contribution in [1.82, 2.24) is 14.8 Å². The molecule has 1 atom stereocenters. The van der Waals surface area contributed by atoms with Crippen LogP contribution < -0.4 is 5.32 Å². The number of aromatic nitrogens is 1. The smallest absolute Gasteiger partial charge is 0.130 e. The van der Waals surface area contributed by atoms with Crippen LogP contribution in [-0.4, -0.2) is 55.1 Å². The molecule has 100 valence electrons. The van der Waals surface area contributed by atoms with Gasteiger partial charge in [-0.3, -0.25) is 0 Å². The highest BCUT2D eigenvalue weighted by atomic mass is 15.2. The molecule has 0 aliphatic carbocycles. The number of hydrogen-bond donors (Lipinski definition) is 1. The Bertz CT molecular complexity index is 380. The number of hydrogen-bond acceptors (Lipinski definition) is 4. The summed E-state index contributed by atoms with van der Waals surface area (Å²) in [5.74, 6) is 0.990. The highest BCUT2D eigenvalue weighted by molar-refractivity contribution is 5.42. The molecule has 2 rings (SSSR count). The first-order valence-electron chi connectivity index (χ1n) is 6.71.